The number of hydrogen-bond donors (Lipinski definition) is 2. The number of amides is 2. The minimum absolute atomic E-state index is 0.0254. The molecule has 27 heavy (non-hydrogen) atoms. The largest absolute Gasteiger partial charge is 0.350 e. The molecule has 148 valence electrons. The van der Waals surface area contributed by atoms with Gasteiger partial charge in [0, 0.05) is 25.4 Å². The third kappa shape index (κ3) is 5.07. The molecule has 2 fully saturated rings. The molecule has 1 heterocycles. The van der Waals surface area contributed by atoms with Crippen molar-refractivity contribution in [2.45, 2.75) is 48.6 Å². The first-order valence-electron chi connectivity index (χ1n) is 9.37. The molecule has 7 nitrogen and oxygen atoms in total. The maximum atomic E-state index is 11.8. The lowest BCUT2D eigenvalue weighted by Gasteiger charge is -2.46. The lowest BCUT2D eigenvalue weighted by molar-refractivity contribution is -0.124. The Kier molecular flexibility index (Phi) is 6.16. The van der Waals surface area contributed by atoms with Crippen molar-refractivity contribution in [3.63, 3.8) is 0 Å². The Morgan fingerprint density at radius 3 is 2.56 bits per heavy atom. The highest BCUT2D eigenvalue weighted by molar-refractivity contribution is 7.90. The Balaban J connectivity index is 1.45. The Hall–Kier alpha value is -1.93. The van der Waals surface area contributed by atoms with E-state index in [-0.39, 0.29) is 18.5 Å². The molecule has 2 N–H and O–H groups in total. The van der Waals surface area contributed by atoms with Crippen molar-refractivity contribution >= 4 is 22.2 Å². The first-order valence-corrected chi connectivity index (χ1v) is 11.3. The fourth-order valence-corrected chi connectivity index (χ4v) is 4.76. The summed E-state index contributed by atoms with van der Waals surface area (Å²) in [5, 5.41) is 5.28. The number of likely N-dealkylation sites (tertiary alicyclic amines) is 1. The van der Waals surface area contributed by atoms with Crippen LogP contribution in [-0.4, -0.2) is 63.6 Å². The molecule has 1 aromatic carbocycles. The van der Waals surface area contributed by atoms with Crippen molar-refractivity contribution in [2.24, 2.45) is 0 Å². The smallest absolute Gasteiger partial charge is 0.239 e. The van der Waals surface area contributed by atoms with Gasteiger partial charge in [0.1, 0.15) is 0 Å². The van der Waals surface area contributed by atoms with Crippen LogP contribution in [-0.2, 0) is 19.4 Å². The van der Waals surface area contributed by atoms with E-state index >= 15 is 0 Å². The second kappa shape index (κ2) is 8.39. The van der Waals surface area contributed by atoms with Gasteiger partial charge in [0.05, 0.1) is 17.5 Å². The van der Waals surface area contributed by atoms with E-state index in [2.05, 4.69) is 15.5 Å². The number of nitrogens with one attached hydrogen (secondary N) is 2. The van der Waals surface area contributed by atoms with Crippen LogP contribution in [0.25, 0.3) is 0 Å². The van der Waals surface area contributed by atoms with Crippen LogP contribution in [0.3, 0.4) is 0 Å². The minimum Gasteiger partial charge on any atom is -0.350 e. The summed E-state index contributed by atoms with van der Waals surface area (Å²) in [7, 11) is -3.17. The molecule has 1 saturated heterocycles. The summed E-state index contributed by atoms with van der Waals surface area (Å²) < 4.78 is 23.5. The van der Waals surface area contributed by atoms with E-state index in [1.54, 1.807) is 6.07 Å². The molecule has 3 rings (SSSR count). The topological polar surface area (TPSA) is 95.6 Å². The van der Waals surface area contributed by atoms with Gasteiger partial charge in [0.2, 0.25) is 12.3 Å². The van der Waals surface area contributed by atoms with Gasteiger partial charge in [-0.15, -0.1) is 0 Å². The van der Waals surface area contributed by atoms with E-state index < -0.39 is 9.84 Å². The zero-order chi connectivity index (χ0) is 19.4. The van der Waals surface area contributed by atoms with Crippen LogP contribution in [0.2, 0.25) is 0 Å². The maximum Gasteiger partial charge on any atom is 0.239 e. The standard InChI is InChI=1S/C19H27N3O4S/c1-27(25,26)18-4-2-3-15(9-18)14-5-7-17(8-6-14)22-11-16(12-22)21-19(24)10-20-13-23/h2-4,9,13-14,16-17H,5-8,10-12H2,1H3,(H,20,23)(H,21,24). The van der Waals surface area contributed by atoms with E-state index in [0.29, 0.717) is 23.3 Å². The van der Waals surface area contributed by atoms with Gasteiger partial charge in [0.25, 0.3) is 0 Å². The molecule has 2 amide bonds. The molecule has 0 radical (unpaired) electrons. The van der Waals surface area contributed by atoms with Gasteiger partial charge < -0.3 is 10.6 Å². The molecule has 1 saturated carbocycles. The molecule has 0 bridgehead atoms. The lowest BCUT2D eigenvalue weighted by atomic mass is 9.80. The predicted octanol–water partition coefficient (Wildman–Crippen LogP) is 0.663. The third-order valence-corrected chi connectivity index (χ3v) is 6.70. The Morgan fingerprint density at radius 1 is 1.22 bits per heavy atom. The van der Waals surface area contributed by atoms with E-state index in [4.69, 9.17) is 0 Å². The van der Waals surface area contributed by atoms with Crippen LogP contribution in [0.5, 0.6) is 0 Å². The van der Waals surface area contributed by atoms with Crippen LogP contribution in [0.1, 0.15) is 37.2 Å². The number of benzene rings is 1. The van der Waals surface area contributed by atoms with Gasteiger partial charge in [0.15, 0.2) is 9.84 Å². The average Bonchev–Trinajstić information content (AvgIpc) is 2.62. The summed E-state index contributed by atoms with van der Waals surface area (Å²) in [6, 6.07) is 8.03. The minimum atomic E-state index is -3.17. The summed E-state index contributed by atoms with van der Waals surface area (Å²) in [6.07, 6.45) is 6.04. The molecular formula is C19H27N3O4S. The number of rotatable bonds is 7. The number of nitrogens with zero attached hydrogens (tertiary/aromatic N) is 1. The lowest BCUT2D eigenvalue weighted by Crippen LogP contribution is -2.63. The van der Waals surface area contributed by atoms with E-state index in [9.17, 15) is 18.0 Å². The predicted molar refractivity (Wildman–Crippen MR) is 102 cm³/mol. The molecule has 2 aliphatic rings. The number of hydrogen-bond acceptors (Lipinski definition) is 5. The SMILES string of the molecule is CS(=O)(=O)c1cccc(C2CCC(N3CC(NC(=O)CNC=O)C3)CC2)c1. The quantitative estimate of drug-likeness (QED) is 0.664. The normalized spacial score (nSPS) is 24.0. The summed E-state index contributed by atoms with van der Waals surface area (Å²) in [6.45, 7) is 1.73. The van der Waals surface area contributed by atoms with Crippen molar-refractivity contribution in [3.05, 3.63) is 29.8 Å². The molecule has 0 unspecified atom stereocenters. The van der Waals surface area contributed by atoms with Crippen molar-refractivity contribution in [3.8, 4) is 0 Å². The summed E-state index contributed by atoms with van der Waals surface area (Å²) in [4.78, 5) is 24.6. The first-order chi connectivity index (χ1) is 12.9. The van der Waals surface area contributed by atoms with Crippen molar-refractivity contribution in [1.82, 2.24) is 15.5 Å². The first kappa shape index (κ1) is 19.8. The van der Waals surface area contributed by atoms with Crippen LogP contribution in [0.15, 0.2) is 29.2 Å². The van der Waals surface area contributed by atoms with Gasteiger partial charge in [-0.2, -0.15) is 0 Å². The van der Waals surface area contributed by atoms with Crippen LogP contribution < -0.4 is 10.6 Å². The van der Waals surface area contributed by atoms with Gasteiger partial charge in [-0.05, 0) is 49.3 Å². The molecule has 1 aromatic rings. The summed E-state index contributed by atoms with van der Waals surface area (Å²) >= 11 is 0. The monoisotopic (exact) mass is 393 g/mol. The zero-order valence-electron chi connectivity index (χ0n) is 15.6. The second-order valence-corrected chi connectivity index (χ2v) is 9.58. The Labute approximate surface area is 160 Å². The number of carbonyl (C=O) groups excluding carboxylic acids is 2. The summed E-state index contributed by atoms with van der Waals surface area (Å²) in [5.74, 6) is 0.260. The van der Waals surface area contributed by atoms with Crippen molar-refractivity contribution in [2.75, 3.05) is 25.9 Å². The molecule has 1 aliphatic carbocycles. The maximum absolute atomic E-state index is 11.8. The van der Waals surface area contributed by atoms with E-state index in [1.807, 2.05) is 18.2 Å². The van der Waals surface area contributed by atoms with Gasteiger partial charge in [-0.25, -0.2) is 8.42 Å². The number of carbonyl (C=O) groups is 2. The van der Waals surface area contributed by atoms with Crippen molar-refractivity contribution in [1.29, 1.82) is 0 Å². The number of sulfone groups is 1. The van der Waals surface area contributed by atoms with Crippen LogP contribution in [0.4, 0.5) is 0 Å². The third-order valence-electron chi connectivity index (χ3n) is 5.59. The fraction of sp³-hybridized carbons (Fsp3) is 0.579. The molecule has 8 heteroatoms. The van der Waals surface area contributed by atoms with Crippen molar-refractivity contribution < 1.29 is 18.0 Å². The van der Waals surface area contributed by atoms with Gasteiger partial charge >= 0.3 is 0 Å². The molecule has 0 aromatic heterocycles. The molecule has 1 aliphatic heterocycles. The molecule has 0 spiro atoms. The highest BCUT2D eigenvalue weighted by atomic mass is 32.2. The fourth-order valence-electron chi connectivity index (χ4n) is 4.09. The van der Waals surface area contributed by atoms with Crippen LogP contribution in [0, 0.1) is 0 Å². The zero-order valence-corrected chi connectivity index (χ0v) is 16.4. The second-order valence-electron chi connectivity index (χ2n) is 7.57. The van der Waals surface area contributed by atoms with Gasteiger partial charge in [-0.1, -0.05) is 12.1 Å². The Morgan fingerprint density at radius 2 is 1.93 bits per heavy atom. The van der Waals surface area contributed by atoms with Crippen LogP contribution >= 0.6 is 0 Å². The van der Waals surface area contributed by atoms with E-state index in [1.165, 1.54) is 6.26 Å². The Bertz CT molecular complexity index is 782. The van der Waals surface area contributed by atoms with E-state index in [0.717, 1.165) is 44.3 Å². The van der Waals surface area contributed by atoms with Gasteiger partial charge in [-0.3, -0.25) is 14.5 Å². The average molecular weight is 394 g/mol. The highest BCUT2D eigenvalue weighted by Gasteiger charge is 2.35. The summed E-state index contributed by atoms with van der Waals surface area (Å²) in [5.41, 5.74) is 1.12. The molecular weight excluding hydrogens is 366 g/mol. The highest BCUT2D eigenvalue weighted by Crippen LogP contribution is 2.36. The molecule has 0 atom stereocenters.